The quantitative estimate of drug-likeness (QED) is 0.723. The summed E-state index contributed by atoms with van der Waals surface area (Å²) in [5.41, 5.74) is 0. The Morgan fingerprint density at radius 2 is 2.20 bits per heavy atom. The molecule has 4 nitrogen and oxygen atoms in total. The second-order valence-corrected chi connectivity index (χ2v) is 3.18. The van der Waals surface area contributed by atoms with Crippen LogP contribution in [0.4, 0.5) is 8.78 Å². The molecule has 0 bridgehead atoms. The molecular weight excluding hydrogens is 204 g/mol. The third-order valence-electron chi connectivity index (χ3n) is 2.02. The number of aliphatic hydroxyl groups excluding tert-OH is 1. The molecule has 0 aliphatic rings. The van der Waals surface area contributed by atoms with Crippen LogP contribution in [0.25, 0.3) is 0 Å². The van der Waals surface area contributed by atoms with Crippen LogP contribution in [-0.4, -0.2) is 52.5 Å². The van der Waals surface area contributed by atoms with Gasteiger partial charge in [-0.1, -0.05) is 0 Å². The third-order valence-corrected chi connectivity index (χ3v) is 2.02. The van der Waals surface area contributed by atoms with Crippen molar-refractivity contribution in [1.82, 2.24) is 14.7 Å². The predicted octanol–water partition coefficient (Wildman–Crippen LogP) is 0.442. The van der Waals surface area contributed by atoms with Gasteiger partial charge in [0.2, 0.25) is 0 Å². The van der Waals surface area contributed by atoms with Gasteiger partial charge in [0.1, 0.15) is 0 Å². The monoisotopic (exact) mass is 219 g/mol. The molecule has 0 spiro atoms. The predicted molar refractivity (Wildman–Crippen MR) is 51.8 cm³/mol. The Labute approximate surface area is 87.1 Å². The normalized spacial score (nSPS) is 11.5. The average Bonchev–Trinajstić information content (AvgIpc) is 2.66. The van der Waals surface area contributed by atoms with Crippen LogP contribution in [0.15, 0.2) is 18.5 Å². The van der Waals surface area contributed by atoms with Crippen molar-refractivity contribution in [3.8, 4) is 0 Å². The fourth-order valence-electron chi connectivity index (χ4n) is 1.31. The van der Waals surface area contributed by atoms with Gasteiger partial charge in [0.25, 0.3) is 6.43 Å². The number of hydrogen-bond donors (Lipinski definition) is 1. The first kappa shape index (κ1) is 12.1. The minimum absolute atomic E-state index is 0.105. The zero-order chi connectivity index (χ0) is 11.1. The lowest BCUT2D eigenvalue weighted by molar-refractivity contribution is 0.0760. The van der Waals surface area contributed by atoms with E-state index in [-0.39, 0.29) is 19.7 Å². The van der Waals surface area contributed by atoms with Crippen molar-refractivity contribution in [2.24, 2.45) is 0 Å². The summed E-state index contributed by atoms with van der Waals surface area (Å²) in [6.07, 6.45) is 1.05. The lowest BCUT2D eigenvalue weighted by atomic mass is 10.4. The summed E-state index contributed by atoms with van der Waals surface area (Å²) in [6, 6.07) is 1.78. The smallest absolute Gasteiger partial charge is 0.251 e. The average molecular weight is 219 g/mol. The van der Waals surface area contributed by atoms with Gasteiger partial charge in [-0.05, 0) is 6.07 Å². The van der Waals surface area contributed by atoms with Gasteiger partial charge in [-0.3, -0.25) is 9.58 Å². The largest absolute Gasteiger partial charge is 0.395 e. The molecule has 0 fully saturated rings. The molecule has 0 aromatic carbocycles. The maximum Gasteiger partial charge on any atom is 0.251 e. The van der Waals surface area contributed by atoms with Crippen molar-refractivity contribution in [2.75, 3.05) is 26.2 Å². The second-order valence-electron chi connectivity index (χ2n) is 3.18. The van der Waals surface area contributed by atoms with E-state index in [0.29, 0.717) is 13.1 Å². The number of rotatable bonds is 7. The van der Waals surface area contributed by atoms with E-state index in [1.807, 2.05) is 0 Å². The lowest BCUT2D eigenvalue weighted by Crippen LogP contribution is -2.34. The van der Waals surface area contributed by atoms with Gasteiger partial charge in [-0.25, -0.2) is 8.78 Å². The fourth-order valence-corrected chi connectivity index (χ4v) is 1.31. The highest BCUT2D eigenvalue weighted by atomic mass is 19.3. The van der Waals surface area contributed by atoms with Gasteiger partial charge < -0.3 is 5.11 Å². The Morgan fingerprint density at radius 3 is 2.73 bits per heavy atom. The van der Waals surface area contributed by atoms with Crippen molar-refractivity contribution in [3.05, 3.63) is 18.5 Å². The number of halogens is 2. The zero-order valence-electron chi connectivity index (χ0n) is 8.39. The van der Waals surface area contributed by atoms with Crippen molar-refractivity contribution < 1.29 is 13.9 Å². The topological polar surface area (TPSA) is 41.3 Å². The van der Waals surface area contributed by atoms with Gasteiger partial charge in [0.05, 0.1) is 19.7 Å². The number of alkyl halides is 2. The van der Waals surface area contributed by atoms with Gasteiger partial charge >= 0.3 is 0 Å². The summed E-state index contributed by atoms with van der Waals surface area (Å²) >= 11 is 0. The van der Waals surface area contributed by atoms with E-state index in [1.165, 1.54) is 4.90 Å². The molecule has 0 aliphatic heterocycles. The Hall–Kier alpha value is -1.01. The molecule has 15 heavy (non-hydrogen) atoms. The number of hydrogen-bond acceptors (Lipinski definition) is 3. The Bertz CT molecular complexity index is 254. The molecule has 0 unspecified atom stereocenters. The summed E-state index contributed by atoms with van der Waals surface area (Å²) in [4.78, 5) is 1.52. The van der Waals surface area contributed by atoms with E-state index in [9.17, 15) is 8.78 Å². The fraction of sp³-hybridized carbons (Fsp3) is 0.667. The van der Waals surface area contributed by atoms with Crippen LogP contribution in [-0.2, 0) is 6.54 Å². The first-order chi connectivity index (χ1) is 7.22. The van der Waals surface area contributed by atoms with E-state index in [1.54, 1.807) is 23.1 Å². The first-order valence-corrected chi connectivity index (χ1v) is 4.81. The van der Waals surface area contributed by atoms with Gasteiger partial charge in [-0.2, -0.15) is 5.10 Å². The summed E-state index contributed by atoms with van der Waals surface area (Å²) < 4.78 is 25.9. The number of nitrogens with zero attached hydrogens (tertiary/aromatic N) is 3. The SMILES string of the molecule is OCCN(CCn1cccn1)CC(F)F. The minimum Gasteiger partial charge on any atom is -0.395 e. The third kappa shape index (κ3) is 4.85. The molecule has 1 N–H and O–H groups in total. The molecule has 1 rings (SSSR count). The van der Waals surface area contributed by atoms with Crippen LogP contribution in [0, 0.1) is 0 Å². The highest BCUT2D eigenvalue weighted by molar-refractivity contribution is 4.77. The van der Waals surface area contributed by atoms with E-state index >= 15 is 0 Å². The molecule has 0 atom stereocenters. The van der Waals surface area contributed by atoms with E-state index in [4.69, 9.17) is 5.11 Å². The van der Waals surface area contributed by atoms with Crippen LogP contribution >= 0.6 is 0 Å². The summed E-state index contributed by atoms with van der Waals surface area (Å²) in [5, 5.41) is 12.7. The molecule has 0 amide bonds. The second kappa shape index (κ2) is 6.47. The van der Waals surface area contributed by atoms with Gasteiger partial charge in [0.15, 0.2) is 0 Å². The summed E-state index contributed by atoms with van der Waals surface area (Å²) in [7, 11) is 0. The Balaban J connectivity index is 2.30. The molecule has 6 heteroatoms. The van der Waals surface area contributed by atoms with Crippen LogP contribution in [0.5, 0.6) is 0 Å². The summed E-state index contributed by atoms with van der Waals surface area (Å²) in [5.74, 6) is 0. The lowest BCUT2D eigenvalue weighted by Gasteiger charge is -2.20. The molecule has 0 aliphatic carbocycles. The molecule has 0 saturated carbocycles. The van der Waals surface area contributed by atoms with Crippen molar-refractivity contribution in [3.63, 3.8) is 0 Å². The molecule has 0 radical (unpaired) electrons. The molecule has 1 heterocycles. The van der Waals surface area contributed by atoms with Crippen LogP contribution in [0.3, 0.4) is 0 Å². The Morgan fingerprint density at radius 1 is 1.40 bits per heavy atom. The standard InChI is InChI=1S/C9H15F2N3O/c10-9(11)8-13(6-7-15)4-5-14-3-1-2-12-14/h1-3,9,15H,4-8H2. The maximum absolute atomic E-state index is 12.1. The highest BCUT2D eigenvalue weighted by Crippen LogP contribution is 1.98. The number of aromatic nitrogens is 2. The van der Waals surface area contributed by atoms with Crippen LogP contribution in [0.2, 0.25) is 0 Å². The van der Waals surface area contributed by atoms with Gasteiger partial charge in [-0.15, -0.1) is 0 Å². The van der Waals surface area contributed by atoms with E-state index in [2.05, 4.69) is 5.10 Å². The summed E-state index contributed by atoms with van der Waals surface area (Å²) in [6.45, 7) is 0.881. The van der Waals surface area contributed by atoms with Crippen LogP contribution < -0.4 is 0 Å². The molecule has 1 aromatic heterocycles. The van der Waals surface area contributed by atoms with E-state index < -0.39 is 6.43 Å². The van der Waals surface area contributed by atoms with Crippen molar-refractivity contribution in [2.45, 2.75) is 13.0 Å². The van der Waals surface area contributed by atoms with Gasteiger partial charge in [0, 0.05) is 25.5 Å². The molecule has 1 aromatic rings. The van der Waals surface area contributed by atoms with E-state index in [0.717, 1.165) is 0 Å². The maximum atomic E-state index is 12.1. The van der Waals surface area contributed by atoms with Crippen molar-refractivity contribution >= 4 is 0 Å². The zero-order valence-corrected chi connectivity index (χ0v) is 8.39. The molecular formula is C9H15F2N3O. The minimum atomic E-state index is -2.37. The molecule has 0 saturated heterocycles. The molecule has 86 valence electrons. The first-order valence-electron chi connectivity index (χ1n) is 4.81. The Kier molecular flexibility index (Phi) is 5.20. The number of aliphatic hydroxyl groups is 1. The highest BCUT2D eigenvalue weighted by Gasteiger charge is 2.11. The van der Waals surface area contributed by atoms with Crippen molar-refractivity contribution in [1.29, 1.82) is 0 Å². The van der Waals surface area contributed by atoms with Crippen LogP contribution in [0.1, 0.15) is 0 Å².